The van der Waals surface area contributed by atoms with Gasteiger partial charge >= 0.3 is 11.1 Å². The number of aromatic nitrogens is 2. The predicted molar refractivity (Wildman–Crippen MR) is 111 cm³/mol. The molecule has 2 aromatic carbocycles. The average Bonchev–Trinajstić information content (AvgIpc) is 2.63. The molecule has 0 aliphatic heterocycles. The summed E-state index contributed by atoms with van der Waals surface area (Å²) in [6.45, 7) is 5.81. The molecule has 0 atom stereocenters. The molecule has 0 radical (unpaired) electrons. The Balaban J connectivity index is 2.08. The number of aromatic amines is 2. The van der Waals surface area contributed by atoms with Crippen LogP contribution in [0, 0.1) is 0 Å². The molecule has 0 bridgehead atoms. The first-order chi connectivity index (χ1) is 13.2. The van der Waals surface area contributed by atoms with Crippen LogP contribution < -0.4 is 15.8 Å². The third-order valence-corrected chi connectivity index (χ3v) is 5.95. The van der Waals surface area contributed by atoms with E-state index in [1.165, 1.54) is 6.07 Å². The molecule has 3 rings (SSSR count). The summed E-state index contributed by atoms with van der Waals surface area (Å²) >= 11 is 0. The number of hydrogen-bond acceptors (Lipinski definition) is 4. The molecule has 0 aliphatic carbocycles. The zero-order valence-electron chi connectivity index (χ0n) is 16.0. The number of anilines is 1. The van der Waals surface area contributed by atoms with Gasteiger partial charge in [0, 0.05) is 5.69 Å². The minimum absolute atomic E-state index is 0.0651. The van der Waals surface area contributed by atoms with Crippen molar-refractivity contribution in [1.82, 2.24) is 9.97 Å². The van der Waals surface area contributed by atoms with Crippen molar-refractivity contribution in [2.24, 2.45) is 0 Å². The van der Waals surface area contributed by atoms with Crippen molar-refractivity contribution in [3.63, 3.8) is 0 Å². The number of hydrogen-bond donors (Lipinski definition) is 3. The van der Waals surface area contributed by atoms with Gasteiger partial charge in [-0.05, 0) is 47.7 Å². The van der Waals surface area contributed by atoms with E-state index in [-0.39, 0.29) is 16.3 Å². The van der Waals surface area contributed by atoms with Crippen LogP contribution in [0.4, 0.5) is 5.69 Å². The summed E-state index contributed by atoms with van der Waals surface area (Å²) in [5.74, 6) is -0.113. The maximum absolute atomic E-state index is 13.1. The van der Waals surface area contributed by atoms with Gasteiger partial charge < -0.3 is 9.97 Å². The van der Waals surface area contributed by atoms with Gasteiger partial charge in [-0.25, -0.2) is 8.42 Å². The number of sulfonamides is 1. The molecule has 0 saturated heterocycles. The molecule has 7 nitrogen and oxygen atoms in total. The van der Waals surface area contributed by atoms with Crippen LogP contribution in [0.25, 0.3) is 11.0 Å². The zero-order valence-corrected chi connectivity index (χ0v) is 16.8. The van der Waals surface area contributed by atoms with E-state index in [0.717, 1.165) is 18.4 Å². The highest BCUT2D eigenvalue weighted by molar-refractivity contribution is 7.92. The van der Waals surface area contributed by atoms with Crippen LogP contribution in [-0.2, 0) is 16.4 Å². The standard InChI is InChI=1S/C20H23N3O4S/c1-4-5-13-6-8-14(9-7-13)23-28(26,27)18-11-17-16(10-15(18)12(2)3)21-19(24)20(25)22-17/h6-12,23H,4-5H2,1-3H3,(H,21,24)(H,22,25). The summed E-state index contributed by atoms with van der Waals surface area (Å²) in [4.78, 5) is 28.2. The topological polar surface area (TPSA) is 112 Å². The van der Waals surface area contributed by atoms with Gasteiger partial charge in [-0.2, -0.15) is 0 Å². The molecule has 28 heavy (non-hydrogen) atoms. The van der Waals surface area contributed by atoms with Crippen LogP contribution in [0.1, 0.15) is 44.2 Å². The summed E-state index contributed by atoms with van der Waals surface area (Å²) in [5.41, 5.74) is 1.19. The van der Waals surface area contributed by atoms with Crippen molar-refractivity contribution in [1.29, 1.82) is 0 Å². The molecule has 1 aromatic heterocycles. The van der Waals surface area contributed by atoms with E-state index >= 15 is 0 Å². The second-order valence-corrected chi connectivity index (χ2v) is 8.70. The lowest BCUT2D eigenvalue weighted by Gasteiger charge is -2.16. The zero-order chi connectivity index (χ0) is 20.5. The third kappa shape index (κ3) is 4.01. The smallest absolute Gasteiger partial charge is 0.314 e. The maximum Gasteiger partial charge on any atom is 0.314 e. The fraction of sp³-hybridized carbons (Fsp3) is 0.300. The minimum Gasteiger partial charge on any atom is -0.316 e. The van der Waals surface area contributed by atoms with E-state index in [1.54, 1.807) is 18.2 Å². The fourth-order valence-corrected chi connectivity index (χ4v) is 4.52. The van der Waals surface area contributed by atoms with Crippen molar-refractivity contribution in [3.8, 4) is 0 Å². The highest BCUT2D eigenvalue weighted by Gasteiger charge is 2.22. The van der Waals surface area contributed by atoms with Crippen LogP contribution in [0.2, 0.25) is 0 Å². The number of nitrogens with one attached hydrogen (secondary N) is 3. The Morgan fingerprint density at radius 1 is 0.964 bits per heavy atom. The Morgan fingerprint density at radius 2 is 1.54 bits per heavy atom. The van der Waals surface area contributed by atoms with Crippen molar-refractivity contribution in [2.75, 3.05) is 4.72 Å². The molecular weight excluding hydrogens is 378 g/mol. The molecule has 0 unspecified atom stereocenters. The number of fused-ring (bicyclic) bond motifs is 1. The van der Waals surface area contributed by atoms with Crippen molar-refractivity contribution >= 4 is 26.7 Å². The van der Waals surface area contributed by atoms with E-state index in [9.17, 15) is 18.0 Å². The summed E-state index contributed by atoms with van der Waals surface area (Å²) in [7, 11) is -3.89. The summed E-state index contributed by atoms with van der Waals surface area (Å²) < 4.78 is 28.7. The van der Waals surface area contributed by atoms with Gasteiger partial charge in [0.25, 0.3) is 10.0 Å². The molecule has 0 saturated carbocycles. The number of aryl methyl sites for hydroxylation is 1. The van der Waals surface area contributed by atoms with Crippen molar-refractivity contribution < 1.29 is 8.42 Å². The Bertz CT molecular complexity index is 1220. The van der Waals surface area contributed by atoms with Gasteiger partial charge in [-0.3, -0.25) is 14.3 Å². The molecule has 0 spiro atoms. The lowest BCUT2D eigenvalue weighted by atomic mass is 10.0. The second kappa shape index (κ2) is 7.63. The second-order valence-electron chi connectivity index (χ2n) is 7.05. The van der Waals surface area contributed by atoms with Gasteiger partial charge in [0.15, 0.2) is 0 Å². The van der Waals surface area contributed by atoms with Crippen molar-refractivity contribution in [3.05, 3.63) is 68.2 Å². The molecule has 8 heteroatoms. The lowest BCUT2D eigenvalue weighted by Crippen LogP contribution is -2.29. The molecule has 0 amide bonds. The largest absolute Gasteiger partial charge is 0.316 e. The molecule has 0 aliphatic rings. The third-order valence-electron chi connectivity index (χ3n) is 4.51. The van der Waals surface area contributed by atoms with E-state index in [0.29, 0.717) is 16.8 Å². The van der Waals surface area contributed by atoms with Gasteiger partial charge in [0.1, 0.15) is 0 Å². The number of benzene rings is 2. The molecule has 0 fully saturated rings. The van der Waals surface area contributed by atoms with Gasteiger partial charge in [-0.1, -0.05) is 39.3 Å². The van der Waals surface area contributed by atoms with Crippen LogP contribution in [0.5, 0.6) is 0 Å². The predicted octanol–water partition coefficient (Wildman–Crippen LogP) is 3.09. The van der Waals surface area contributed by atoms with Gasteiger partial charge in [0.2, 0.25) is 0 Å². The summed E-state index contributed by atoms with van der Waals surface area (Å²) in [6, 6.07) is 10.2. The fourth-order valence-electron chi connectivity index (χ4n) is 3.08. The molecule has 3 aromatic rings. The highest BCUT2D eigenvalue weighted by atomic mass is 32.2. The Hall–Kier alpha value is -2.87. The van der Waals surface area contributed by atoms with E-state index in [4.69, 9.17) is 0 Å². The first-order valence-corrected chi connectivity index (χ1v) is 10.6. The lowest BCUT2D eigenvalue weighted by molar-refractivity contribution is 0.599. The van der Waals surface area contributed by atoms with Crippen LogP contribution in [-0.4, -0.2) is 18.4 Å². The average molecular weight is 401 g/mol. The Morgan fingerprint density at radius 3 is 2.07 bits per heavy atom. The van der Waals surface area contributed by atoms with E-state index in [2.05, 4.69) is 21.6 Å². The van der Waals surface area contributed by atoms with Crippen LogP contribution in [0.3, 0.4) is 0 Å². The molecule has 148 valence electrons. The van der Waals surface area contributed by atoms with E-state index in [1.807, 2.05) is 26.0 Å². The van der Waals surface area contributed by atoms with Gasteiger partial charge in [0.05, 0.1) is 15.9 Å². The number of H-pyrrole nitrogens is 2. The van der Waals surface area contributed by atoms with Crippen LogP contribution in [0.15, 0.2) is 50.9 Å². The Labute approximate surface area is 162 Å². The van der Waals surface area contributed by atoms with Gasteiger partial charge in [-0.15, -0.1) is 0 Å². The SMILES string of the molecule is CCCc1ccc(NS(=O)(=O)c2cc3[nH]c(=O)c(=O)[nH]c3cc2C(C)C)cc1. The highest BCUT2D eigenvalue weighted by Crippen LogP contribution is 2.28. The minimum atomic E-state index is -3.89. The normalized spacial score (nSPS) is 11.9. The molecule has 3 N–H and O–H groups in total. The first kappa shape index (κ1) is 19.9. The molecule has 1 heterocycles. The van der Waals surface area contributed by atoms with E-state index < -0.39 is 21.1 Å². The quantitative estimate of drug-likeness (QED) is 0.551. The van der Waals surface area contributed by atoms with Crippen LogP contribution >= 0.6 is 0 Å². The maximum atomic E-state index is 13.1. The monoisotopic (exact) mass is 401 g/mol. The van der Waals surface area contributed by atoms with Crippen molar-refractivity contribution in [2.45, 2.75) is 44.4 Å². The Kier molecular flexibility index (Phi) is 5.42. The summed E-state index contributed by atoms with van der Waals surface area (Å²) in [5, 5.41) is 0. The number of rotatable bonds is 6. The first-order valence-electron chi connectivity index (χ1n) is 9.13. The summed E-state index contributed by atoms with van der Waals surface area (Å²) in [6.07, 6.45) is 1.95. The molecular formula is C20H23N3O4S.